The van der Waals surface area contributed by atoms with Crippen LogP contribution in [0.25, 0.3) is 0 Å². The van der Waals surface area contributed by atoms with Crippen LogP contribution >= 0.6 is 11.8 Å². The van der Waals surface area contributed by atoms with Crippen LogP contribution in [0.15, 0.2) is 54.6 Å². The van der Waals surface area contributed by atoms with Crippen molar-refractivity contribution in [1.29, 1.82) is 0 Å². The summed E-state index contributed by atoms with van der Waals surface area (Å²) in [6.07, 6.45) is -2.08. The van der Waals surface area contributed by atoms with Crippen molar-refractivity contribution in [1.82, 2.24) is 0 Å². The quantitative estimate of drug-likeness (QED) is 0.856. The smallest absolute Gasteiger partial charge is 0.185 e. The van der Waals surface area contributed by atoms with E-state index >= 15 is 0 Å². The van der Waals surface area contributed by atoms with Gasteiger partial charge in [-0.1, -0.05) is 42.1 Å². The van der Waals surface area contributed by atoms with E-state index in [1.165, 1.54) is 6.92 Å². The summed E-state index contributed by atoms with van der Waals surface area (Å²) in [6, 6.07) is 16.2. The maximum atomic E-state index is 10.9. The molecule has 4 nitrogen and oxygen atoms in total. The third-order valence-corrected chi connectivity index (χ3v) is 3.92. The summed E-state index contributed by atoms with van der Waals surface area (Å²) in [7, 11) is 0. The maximum Gasteiger partial charge on any atom is 0.185 e. The van der Waals surface area contributed by atoms with E-state index in [9.17, 15) is 15.0 Å². The number of aliphatic hydroxyl groups excluding tert-OH is 2. The molecule has 0 aromatic heterocycles. The van der Waals surface area contributed by atoms with Crippen LogP contribution in [0.1, 0.15) is 18.6 Å². The Hall–Kier alpha value is -1.82. The summed E-state index contributed by atoms with van der Waals surface area (Å²) in [6.45, 7) is 1.43. The molecule has 0 aliphatic rings. The highest BCUT2D eigenvalue weighted by Crippen LogP contribution is 2.26. The number of ether oxygens (including phenoxy) is 1. The van der Waals surface area contributed by atoms with Crippen LogP contribution in [0.3, 0.4) is 0 Å². The number of carbonyl (C=O) groups excluding carboxylic acids is 1. The van der Waals surface area contributed by atoms with Crippen LogP contribution in [0.5, 0.6) is 11.5 Å². The van der Waals surface area contributed by atoms with Gasteiger partial charge in [-0.15, -0.1) is 0 Å². The fourth-order valence-electron chi connectivity index (χ4n) is 1.90. The average molecular weight is 318 g/mol. The van der Waals surface area contributed by atoms with E-state index in [0.717, 1.165) is 11.8 Å². The summed E-state index contributed by atoms with van der Waals surface area (Å²) in [5, 5.41) is 20.0. The first-order valence-corrected chi connectivity index (χ1v) is 7.87. The molecule has 0 amide bonds. The Kier molecular flexibility index (Phi) is 6.00. The van der Waals surface area contributed by atoms with Gasteiger partial charge in [0.1, 0.15) is 17.6 Å². The zero-order valence-corrected chi connectivity index (χ0v) is 13.0. The van der Waals surface area contributed by atoms with Crippen molar-refractivity contribution >= 4 is 16.9 Å². The summed E-state index contributed by atoms with van der Waals surface area (Å²) < 4.78 is 5.70. The van der Waals surface area contributed by atoms with Crippen molar-refractivity contribution in [3.05, 3.63) is 60.2 Å². The lowest BCUT2D eigenvalue weighted by molar-refractivity contribution is -0.109. The standard InChI is InChI=1S/C17H18O4S/c1-12(18)22-11-16(19)17(20)13-6-5-9-15(10-13)21-14-7-3-2-4-8-14/h2-10,16-17,19-20H,11H2,1H3. The minimum atomic E-state index is -1.06. The minimum absolute atomic E-state index is 0.0904. The predicted molar refractivity (Wildman–Crippen MR) is 87.1 cm³/mol. The maximum absolute atomic E-state index is 10.9. The Morgan fingerprint density at radius 1 is 1.09 bits per heavy atom. The number of thioether (sulfide) groups is 1. The predicted octanol–water partition coefficient (Wildman–Crippen LogP) is 3.15. The zero-order chi connectivity index (χ0) is 15.9. The molecule has 0 aliphatic heterocycles. The van der Waals surface area contributed by atoms with E-state index in [0.29, 0.717) is 17.1 Å². The summed E-state index contributed by atoms with van der Waals surface area (Å²) in [5.74, 6) is 1.43. The molecular weight excluding hydrogens is 300 g/mol. The molecule has 2 atom stereocenters. The molecule has 2 aromatic carbocycles. The second-order valence-electron chi connectivity index (χ2n) is 4.80. The lowest BCUT2D eigenvalue weighted by atomic mass is 10.1. The SMILES string of the molecule is CC(=O)SCC(O)C(O)c1cccc(Oc2ccccc2)c1. The van der Waals surface area contributed by atoms with E-state index in [2.05, 4.69) is 0 Å². The number of hydrogen-bond acceptors (Lipinski definition) is 5. The van der Waals surface area contributed by atoms with Crippen LogP contribution in [0.4, 0.5) is 0 Å². The number of aliphatic hydroxyl groups is 2. The average Bonchev–Trinajstić information content (AvgIpc) is 2.53. The zero-order valence-electron chi connectivity index (χ0n) is 12.2. The third-order valence-electron chi connectivity index (χ3n) is 3.00. The fourth-order valence-corrected chi connectivity index (χ4v) is 2.49. The molecule has 2 rings (SSSR count). The van der Waals surface area contributed by atoms with Gasteiger partial charge in [-0.3, -0.25) is 4.79 Å². The fraction of sp³-hybridized carbons (Fsp3) is 0.235. The van der Waals surface area contributed by atoms with Crippen LogP contribution in [0, 0.1) is 0 Å². The van der Waals surface area contributed by atoms with Gasteiger partial charge >= 0.3 is 0 Å². The second kappa shape index (κ2) is 7.98. The van der Waals surface area contributed by atoms with Gasteiger partial charge in [-0.05, 0) is 29.8 Å². The summed E-state index contributed by atoms with van der Waals surface area (Å²) in [4.78, 5) is 10.9. The molecular formula is C17H18O4S. The number of rotatable bonds is 6. The van der Waals surface area contributed by atoms with E-state index < -0.39 is 12.2 Å². The lowest BCUT2D eigenvalue weighted by Crippen LogP contribution is -2.21. The van der Waals surface area contributed by atoms with Gasteiger partial charge in [-0.25, -0.2) is 0 Å². The molecule has 0 bridgehead atoms. The van der Waals surface area contributed by atoms with Crippen molar-refractivity contribution in [2.75, 3.05) is 5.75 Å². The number of hydrogen-bond donors (Lipinski definition) is 2. The number of benzene rings is 2. The first-order chi connectivity index (χ1) is 10.6. The molecule has 2 N–H and O–H groups in total. The first-order valence-electron chi connectivity index (χ1n) is 6.88. The molecule has 0 fully saturated rings. The van der Waals surface area contributed by atoms with Crippen molar-refractivity contribution in [2.24, 2.45) is 0 Å². The first kappa shape index (κ1) is 16.5. The van der Waals surface area contributed by atoms with E-state index in [4.69, 9.17) is 4.74 Å². The van der Waals surface area contributed by atoms with Crippen molar-refractivity contribution < 1.29 is 19.7 Å². The molecule has 22 heavy (non-hydrogen) atoms. The van der Waals surface area contributed by atoms with Crippen molar-refractivity contribution in [2.45, 2.75) is 19.1 Å². The van der Waals surface area contributed by atoms with Gasteiger partial charge in [0.2, 0.25) is 0 Å². The van der Waals surface area contributed by atoms with Crippen LogP contribution in [0.2, 0.25) is 0 Å². The van der Waals surface area contributed by atoms with E-state index in [1.807, 2.05) is 30.3 Å². The normalized spacial score (nSPS) is 13.4. The third kappa shape index (κ3) is 4.87. The molecule has 0 saturated carbocycles. The Balaban J connectivity index is 2.05. The van der Waals surface area contributed by atoms with Gasteiger partial charge in [0.25, 0.3) is 0 Å². The highest BCUT2D eigenvalue weighted by atomic mass is 32.2. The van der Waals surface area contributed by atoms with Crippen LogP contribution < -0.4 is 4.74 Å². The Labute approximate surface area is 133 Å². The monoisotopic (exact) mass is 318 g/mol. The Morgan fingerprint density at radius 3 is 2.45 bits per heavy atom. The van der Waals surface area contributed by atoms with Gasteiger partial charge in [0.05, 0.1) is 6.10 Å². The van der Waals surface area contributed by atoms with Gasteiger partial charge in [0.15, 0.2) is 5.12 Å². The van der Waals surface area contributed by atoms with E-state index in [-0.39, 0.29) is 10.9 Å². The Bertz CT molecular complexity index is 615. The molecule has 0 radical (unpaired) electrons. The molecule has 0 heterocycles. The highest BCUT2D eigenvalue weighted by molar-refractivity contribution is 8.13. The summed E-state index contributed by atoms with van der Waals surface area (Å²) in [5.41, 5.74) is 0.546. The Morgan fingerprint density at radius 2 is 1.77 bits per heavy atom. The van der Waals surface area contributed by atoms with Gasteiger partial charge in [0, 0.05) is 12.7 Å². The minimum Gasteiger partial charge on any atom is -0.457 e. The molecule has 2 aromatic rings. The summed E-state index contributed by atoms with van der Waals surface area (Å²) >= 11 is 0.989. The van der Waals surface area contributed by atoms with Crippen LogP contribution in [-0.2, 0) is 4.79 Å². The molecule has 0 spiro atoms. The van der Waals surface area contributed by atoms with Crippen molar-refractivity contribution in [3.8, 4) is 11.5 Å². The lowest BCUT2D eigenvalue weighted by Gasteiger charge is -2.18. The molecule has 2 unspecified atom stereocenters. The molecule has 0 aliphatic carbocycles. The van der Waals surface area contributed by atoms with Crippen LogP contribution in [-0.4, -0.2) is 27.2 Å². The molecule has 116 valence electrons. The topological polar surface area (TPSA) is 66.8 Å². The highest BCUT2D eigenvalue weighted by Gasteiger charge is 2.19. The largest absolute Gasteiger partial charge is 0.457 e. The van der Waals surface area contributed by atoms with Gasteiger partial charge in [-0.2, -0.15) is 0 Å². The molecule has 5 heteroatoms. The van der Waals surface area contributed by atoms with E-state index in [1.54, 1.807) is 24.3 Å². The molecule has 0 saturated heterocycles. The van der Waals surface area contributed by atoms with Gasteiger partial charge < -0.3 is 14.9 Å². The van der Waals surface area contributed by atoms with Crippen molar-refractivity contribution in [3.63, 3.8) is 0 Å². The number of para-hydroxylation sites is 1. The second-order valence-corrected chi connectivity index (χ2v) is 6.00. The number of carbonyl (C=O) groups is 1.